The Bertz CT molecular complexity index is 458. The highest BCUT2D eigenvalue weighted by molar-refractivity contribution is 6.37. The third-order valence-electron chi connectivity index (χ3n) is 2.71. The van der Waals surface area contributed by atoms with Crippen LogP contribution in [0.5, 0.6) is 5.75 Å². The van der Waals surface area contributed by atoms with E-state index in [4.69, 9.17) is 23.2 Å². The lowest BCUT2D eigenvalue weighted by Gasteiger charge is -2.12. The molecule has 0 spiro atoms. The molecule has 4 N–H and O–H groups in total. The summed E-state index contributed by atoms with van der Waals surface area (Å²) in [7, 11) is 0. The van der Waals surface area contributed by atoms with E-state index < -0.39 is 12.1 Å². The summed E-state index contributed by atoms with van der Waals surface area (Å²) >= 11 is 11.5. The predicted molar refractivity (Wildman–Crippen MR) is 69.2 cm³/mol. The van der Waals surface area contributed by atoms with Gasteiger partial charge in [0.25, 0.3) is 0 Å². The van der Waals surface area contributed by atoms with E-state index in [-0.39, 0.29) is 21.7 Å². The summed E-state index contributed by atoms with van der Waals surface area (Å²) in [5.74, 6) is -0.491. The van der Waals surface area contributed by atoms with E-state index in [0.717, 1.165) is 0 Å². The maximum absolute atomic E-state index is 11.8. The number of hydrogen-bond acceptors (Lipinski definition) is 4. The minimum absolute atomic E-state index is 0.0669. The molecule has 18 heavy (non-hydrogen) atoms. The summed E-state index contributed by atoms with van der Waals surface area (Å²) in [4.78, 5) is 11.8. The van der Waals surface area contributed by atoms with E-state index in [0.29, 0.717) is 18.7 Å². The largest absolute Gasteiger partial charge is 0.505 e. The maximum atomic E-state index is 11.8. The minimum atomic E-state index is -0.507. The lowest BCUT2D eigenvalue weighted by molar-refractivity contribution is -0.117. The Morgan fingerprint density at radius 3 is 2.50 bits per heavy atom. The van der Waals surface area contributed by atoms with Gasteiger partial charge in [-0.25, -0.2) is 0 Å². The molecule has 2 rings (SSSR count). The van der Waals surface area contributed by atoms with Crippen molar-refractivity contribution in [1.29, 1.82) is 0 Å². The number of aromatic hydroxyl groups is 1. The van der Waals surface area contributed by atoms with Crippen molar-refractivity contribution in [2.75, 3.05) is 11.9 Å². The number of aliphatic hydroxyl groups is 1. The molecule has 1 fully saturated rings. The molecule has 2 unspecified atom stereocenters. The van der Waals surface area contributed by atoms with Gasteiger partial charge in [0, 0.05) is 12.2 Å². The van der Waals surface area contributed by atoms with Crippen molar-refractivity contribution in [2.24, 2.45) is 0 Å². The lowest BCUT2D eigenvalue weighted by atomic mass is 10.2. The first kappa shape index (κ1) is 13.4. The van der Waals surface area contributed by atoms with E-state index in [1.807, 2.05) is 0 Å². The third-order valence-corrected chi connectivity index (χ3v) is 3.28. The van der Waals surface area contributed by atoms with E-state index in [9.17, 15) is 15.0 Å². The Labute approximate surface area is 114 Å². The summed E-state index contributed by atoms with van der Waals surface area (Å²) in [6.45, 7) is 0.398. The minimum Gasteiger partial charge on any atom is -0.505 e. The van der Waals surface area contributed by atoms with Crippen LogP contribution in [0.4, 0.5) is 5.69 Å². The molecule has 0 saturated carbocycles. The molecule has 2 atom stereocenters. The first-order valence-electron chi connectivity index (χ1n) is 5.37. The molecule has 1 aromatic carbocycles. The fourth-order valence-electron chi connectivity index (χ4n) is 1.78. The maximum Gasteiger partial charge on any atom is 0.241 e. The van der Waals surface area contributed by atoms with Gasteiger partial charge in [0.2, 0.25) is 5.91 Å². The van der Waals surface area contributed by atoms with Crippen LogP contribution in [0.15, 0.2) is 12.1 Å². The highest BCUT2D eigenvalue weighted by Gasteiger charge is 2.28. The van der Waals surface area contributed by atoms with Crippen LogP contribution < -0.4 is 10.6 Å². The fraction of sp³-hybridized carbons (Fsp3) is 0.364. The topological polar surface area (TPSA) is 81.6 Å². The standard InChI is InChI=1S/C11H12Cl2N2O3/c12-7-1-5(2-8(13)10(7)17)15-11(18)9-3-6(16)4-14-9/h1-2,6,9,14,16-17H,3-4H2,(H,15,18). The summed E-state index contributed by atoms with van der Waals surface area (Å²) < 4.78 is 0. The van der Waals surface area contributed by atoms with Gasteiger partial charge in [-0.3, -0.25) is 4.79 Å². The predicted octanol–water partition coefficient (Wildman–Crippen LogP) is 1.36. The average Bonchev–Trinajstić information content (AvgIpc) is 2.72. The normalized spacial score (nSPS) is 23.1. The number of carbonyl (C=O) groups is 1. The van der Waals surface area contributed by atoms with Crippen molar-refractivity contribution in [3.05, 3.63) is 22.2 Å². The van der Waals surface area contributed by atoms with Crippen LogP contribution in [0.2, 0.25) is 10.0 Å². The van der Waals surface area contributed by atoms with Crippen LogP contribution >= 0.6 is 23.2 Å². The monoisotopic (exact) mass is 290 g/mol. The van der Waals surface area contributed by atoms with Crippen molar-refractivity contribution >= 4 is 34.8 Å². The Kier molecular flexibility index (Phi) is 3.97. The van der Waals surface area contributed by atoms with E-state index in [2.05, 4.69) is 10.6 Å². The Hall–Kier alpha value is -1.01. The molecule has 1 aliphatic heterocycles. The summed E-state index contributed by atoms with van der Waals surface area (Å²) in [6, 6.07) is 2.38. The number of nitrogens with one attached hydrogen (secondary N) is 2. The first-order chi connectivity index (χ1) is 8.47. The van der Waals surface area contributed by atoms with Gasteiger partial charge in [0.1, 0.15) is 0 Å². The molecule has 1 aromatic rings. The number of amides is 1. The molecule has 0 radical (unpaired) electrons. The molecule has 1 aliphatic rings. The molecular weight excluding hydrogens is 279 g/mol. The quantitative estimate of drug-likeness (QED) is 0.620. The Morgan fingerprint density at radius 1 is 1.39 bits per heavy atom. The number of rotatable bonds is 2. The second kappa shape index (κ2) is 5.32. The number of phenolic OH excluding ortho intramolecular Hbond substituents is 1. The molecule has 1 heterocycles. The van der Waals surface area contributed by atoms with Gasteiger partial charge in [-0.1, -0.05) is 23.2 Å². The van der Waals surface area contributed by atoms with Crippen molar-refractivity contribution in [1.82, 2.24) is 5.32 Å². The number of benzene rings is 1. The average molecular weight is 291 g/mol. The molecule has 1 amide bonds. The van der Waals surface area contributed by atoms with Crippen molar-refractivity contribution < 1.29 is 15.0 Å². The number of phenols is 1. The Morgan fingerprint density at radius 2 is 2.00 bits per heavy atom. The second-order valence-corrected chi connectivity index (χ2v) is 4.94. The van der Waals surface area contributed by atoms with Crippen LogP contribution in [0.3, 0.4) is 0 Å². The zero-order valence-corrected chi connectivity index (χ0v) is 10.8. The lowest BCUT2D eigenvalue weighted by Crippen LogP contribution is -2.35. The number of aliphatic hydroxyl groups excluding tert-OH is 1. The second-order valence-electron chi connectivity index (χ2n) is 4.13. The summed E-state index contributed by atoms with van der Waals surface area (Å²) in [6.07, 6.45) is -0.140. The summed E-state index contributed by atoms with van der Waals surface area (Å²) in [5.41, 5.74) is 0.399. The number of anilines is 1. The van der Waals surface area contributed by atoms with E-state index >= 15 is 0 Å². The van der Waals surface area contributed by atoms with Crippen LogP contribution in [-0.4, -0.2) is 34.8 Å². The first-order valence-corrected chi connectivity index (χ1v) is 6.13. The molecule has 5 nitrogen and oxygen atoms in total. The smallest absolute Gasteiger partial charge is 0.241 e. The van der Waals surface area contributed by atoms with Gasteiger partial charge >= 0.3 is 0 Å². The van der Waals surface area contributed by atoms with Crippen LogP contribution in [0.25, 0.3) is 0 Å². The van der Waals surface area contributed by atoms with Crippen LogP contribution in [-0.2, 0) is 4.79 Å². The highest BCUT2D eigenvalue weighted by atomic mass is 35.5. The van der Waals surface area contributed by atoms with Crippen molar-refractivity contribution in [2.45, 2.75) is 18.6 Å². The van der Waals surface area contributed by atoms with Gasteiger partial charge in [0.15, 0.2) is 5.75 Å². The van der Waals surface area contributed by atoms with Gasteiger partial charge in [0.05, 0.1) is 22.2 Å². The molecule has 0 aromatic heterocycles. The number of hydrogen-bond donors (Lipinski definition) is 4. The van der Waals surface area contributed by atoms with E-state index in [1.54, 1.807) is 0 Å². The number of carbonyl (C=O) groups excluding carboxylic acids is 1. The van der Waals surface area contributed by atoms with Gasteiger partial charge in [-0.05, 0) is 18.6 Å². The van der Waals surface area contributed by atoms with Crippen LogP contribution in [0, 0.1) is 0 Å². The molecule has 1 saturated heterocycles. The molecule has 7 heteroatoms. The zero-order chi connectivity index (χ0) is 13.3. The molecule has 0 aliphatic carbocycles. The van der Waals surface area contributed by atoms with Crippen molar-refractivity contribution in [3.63, 3.8) is 0 Å². The molecular formula is C11H12Cl2N2O3. The van der Waals surface area contributed by atoms with E-state index in [1.165, 1.54) is 12.1 Å². The third kappa shape index (κ3) is 2.87. The fourth-order valence-corrected chi connectivity index (χ4v) is 2.27. The van der Waals surface area contributed by atoms with Gasteiger partial charge < -0.3 is 20.8 Å². The SMILES string of the molecule is O=C(Nc1cc(Cl)c(O)c(Cl)c1)C1CC(O)CN1. The molecule has 98 valence electrons. The van der Waals surface area contributed by atoms with Crippen LogP contribution in [0.1, 0.15) is 6.42 Å². The van der Waals surface area contributed by atoms with Gasteiger partial charge in [-0.2, -0.15) is 0 Å². The Balaban J connectivity index is 2.07. The number of β-amino-alcohol motifs (C(OH)–C–C–N with tert-alkyl or cyclic N) is 1. The zero-order valence-electron chi connectivity index (χ0n) is 9.28. The van der Waals surface area contributed by atoms with Gasteiger partial charge in [-0.15, -0.1) is 0 Å². The summed E-state index contributed by atoms with van der Waals surface area (Å²) in [5, 5.41) is 24.4. The number of halogens is 2. The van der Waals surface area contributed by atoms with Crippen molar-refractivity contribution in [3.8, 4) is 5.75 Å². The highest BCUT2D eigenvalue weighted by Crippen LogP contribution is 2.34. The molecule has 0 bridgehead atoms.